The van der Waals surface area contributed by atoms with Crippen molar-refractivity contribution in [1.29, 1.82) is 0 Å². The SMILES string of the molecule is C=C1N=CC=CN1C=NC. The molecule has 0 aliphatic carbocycles. The predicted octanol–water partition coefficient (Wildman–Crippen LogP) is 1.02. The zero-order valence-corrected chi connectivity index (χ0v) is 5.86. The standard InChI is InChI=1S/C7H9N3/c1-7-9-4-3-5-10(7)6-8-2/h3-6H,1H2,2H3. The van der Waals surface area contributed by atoms with E-state index in [1.807, 2.05) is 12.3 Å². The van der Waals surface area contributed by atoms with Crippen molar-refractivity contribution in [3.63, 3.8) is 0 Å². The Kier molecular flexibility index (Phi) is 1.99. The highest BCUT2D eigenvalue weighted by atomic mass is 15.2. The fourth-order valence-corrected chi connectivity index (χ4v) is 0.643. The van der Waals surface area contributed by atoms with Gasteiger partial charge in [-0.1, -0.05) is 6.58 Å². The van der Waals surface area contributed by atoms with Crippen LogP contribution >= 0.6 is 0 Å². The average Bonchev–Trinajstić information content (AvgIpc) is 1.94. The Bertz CT molecular complexity index is 213. The van der Waals surface area contributed by atoms with Crippen LogP contribution in [-0.4, -0.2) is 24.5 Å². The molecule has 0 aromatic rings. The van der Waals surface area contributed by atoms with Crippen molar-refractivity contribution in [1.82, 2.24) is 4.90 Å². The molecule has 1 aliphatic rings. The summed E-state index contributed by atoms with van der Waals surface area (Å²) in [5.74, 6) is 0.688. The molecule has 0 aromatic heterocycles. The minimum Gasteiger partial charge on any atom is -0.293 e. The van der Waals surface area contributed by atoms with Gasteiger partial charge in [0, 0.05) is 19.5 Å². The Hall–Kier alpha value is -1.38. The summed E-state index contributed by atoms with van der Waals surface area (Å²) in [5, 5.41) is 0. The maximum atomic E-state index is 3.96. The summed E-state index contributed by atoms with van der Waals surface area (Å²) in [4.78, 5) is 9.53. The maximum absolute atomic E-state index is 3.96. The molecule has 0 N–H and O–H groups in total. The van der Waals surface area contributed by atoms with Crippen molar-refractivity contribution in [3.8, 4) is 0 Å². The molecule has 10 heavy (non-hydrogen) atoms. The minimum absolute atomic E-state index is 0.688. The van der Waals surface area contributed by atoms with Crippen LogP contribution < -0.4 is 0 Å². The van der Waals surface area contributed by atoms with E-state index >= 15 is 0 Å². The summed E-state index contributed by atoms with van der Waals surface area (Å²) in [6.45, 7) is 3.70. The zero-order chi connectivity index (χ0) is 7.40. The summed E-state index contributed by atoms with van der Waals surface area (Å²) in [7, 11) is 1.71. The monoisotopic (exact) mass is 135 g/mol. The number of hydrogen-bond donors (Lipinski definition) is 0. The van der Waals surface area contributed by atoms with Crippen LogP contribution in [0.4, 0.5) is 0 Å². The van der Waals surface area contributed by atoms with E-state index in [2.05, 4.69) is 16.6 Å². The molecule has 3 heteroatoms. The first kappa shape index (κ1) is 6.74. The van der Waals surface area contributed by atoms with Crippen molar-refractivity contribution < 1.29 is 0 Å². The van der Waals surface area contributed by atoms with Gasteiger partial charge in [-0.05, 0) is 6.08 Å². The predicted molar refractivity (Wildman–Crippen MR) is 43.0 cm³/mol. The molecule has 0 atom stereocenters. The molecule has 0 unspecified atom stereocenters. The lowest BCUT2D eigenvalue weighted by molar-refractivity contribution is 0.697. The quantitative estimate of drug-likeness (QED) is 0.389. The van der Waals surface area contributed by atoms with Crippen LogP contribution in [0.25, 0.3) is 0 Å². The van der Waals surface area contributed by atoms with Crippen LogP contribution in [-0.2, 0) is 0 Å². The first-order chi connectivity index (χ1) is 4.84. The van der Waals surface area contributed by atoms with Crippen LogP contribution in [0.3, 0.4) is 0 Å². The third-order valence-corrected chi connectivity index (χ3v) is 1.09. The molecular weight excluding hydrogens is 126 g/mol. The molecule has 0 fully saturated rings. The molecular formula is C7H9N3. The number of hydrogen-bond acceptors (Lipinski definition) is 2. The normalized spacial score (nSPS) is 17.3. The molecule has 1 rings (SSSR count). The van der Waals surface area contributed by atoms with Crippen molar-refractivity contribution in [2.24, 2.45) is 9.98 Å². The highest BCUT2D eigenvalue weighted by Crippen LogP contribution is 2.03. The molecule has 0 amide bonds. The minimum atomic E-state index is 0.688. The Labute approximate surface area is 60.1 Å². The molecule has 0 bridgehead atoms. The van der Waals surface area contributed by atoms with E-state index in [4.69, 9.17) is 0 Å². The fourth-order valence-electron chi connectivity index (χ4n) is 0.643. The third-order valence-electron chi connectivity index (χ3n) is 1.09. The second-order valence-electron chi connectivity index (χ2n) is 1.82. The van der Waals surface area contributed by atoms with Gasteiger partial charge in [-0.2, -0.15) is 0 Å². The van der Waals surface area contributed by atoms with E-state index in [1.54, 1.807) is 24.5 Å². The maximum Gasteiger partial charge on any atom is 0.130 e. The summed E-state index contributed by atoms with van der Waals surface area (Å²) >= 11 is 0. The first-order valence-corrected chi connectivity index (χ1v) is 2.95. The number of rotatable bonds is 1. The smallest absolute Gasteiger partial charge is 0.130 e. The lowest BCUT2D eigenvalue weighted by Crippen LogP contribution is -2.14. The number of allylic oxidation sites excluding steroid dienone is 1. The highest BCUT2D eigenvalue weighted by Gasteiger charge is 1.99. The molecule has 0 spiro atoms. The first-order valence-electron chi connectivity index (χ1n) is 2.95. The molecule has 52 valence electrons. The zero-order valence-electron chi connectivity index (χ0n) is 5.86. The molecule has 0 radical (unpaired) electrons. The lowest BCUT2D eigenvalue weighted by atomic mass is 10.5. The van der Waals surface area contributed by atoms with Gasteiger partial charge in [0.1, 0.15) is 5.82 Å². The van der Waals surface area contributed by atoms with Gasteiger partial charge in [0.25, 0.3) is 0 Å². The number of aliphatic imine (C=N–C) groups is 2. The Balaban J connectivity index is 2.70. The van der Waals surface area contributed by atoms with E-state index in [9.17, 15) is 0 Å². The van der Waals surface area contributed by atoms with Crippen LogP contribution in [0.5, 0.6) is 0 Å². The van der Waals surface area contributed by atoms with Gasteiger partial charge in [0.05, 0.1) is 6.34 Å². The molecule has 1 aliphatic heterocycles. The second kappa shape index (κ2) is 2.96. The Morgan fingerprint density at radius 3 is 3.20 bits per heavy atom. The van der Waals surface area contributed by atoms with Gasteiger partial charge in [-0.3, -0.25) is 9.89 Å². The molecule has 3 nitrogen and oxygen atoms in total. The van der Waals surface area contributed by atoms with Crippen LogP contribution in [0.1, 0.15) is 0 Å². The fraction of sp³-hybridized carbons (Fsp3) is 0.143. The second-order valence-corrected chi connectivity index (χ2v) is 1.82. The van der Waals surface area contributed by atoms with Crippen molar-refractivity contribution in [2.45, 2.75) is 0 Å². The Morgan fingerprint density at radius 2 is 2.60 bits per heavy atom. The van der Waals surface area contributed by atoms with Crippen LogP contribution in [0.15, 0.2) is 34.7 Å². The highest BCUT2D eigenvalue weighted by molar-refractivity contribution is 5.76. The van der Waals surface area contributed by atoms with Crippen molar-refractivity contribution in [3.05, 3.63) is 24.7 Å². The Morgan fingerprint density at radius 1 is 1.80 bits per heavy atom. The largest absolute Gasteiger partial charge is 0.293 e. The van der Waals surface area contributed by atoms with Crippen LogP contribution in [0.2, 0.25) is 0 Å². The molecule has 0 saturated heterocycles. The number of nitrogens with zero attached hydrogens (tertiary/aromatic N) is 3. The van der Waals surface area contributed by atoms with E-state index in [0.717, 1.165) is 0 Å². The van der Waals surface area contributed by atoms with Crippen LogP contribution in [0, 0.1) is 0 Å². The van der Waals surface area contributed by atoms with Gasteiger partial charge in [-0.15, -0.1) is 0 Å². The van der Waals surface area contributed by atoms with Gasteiger partial charge in [-0.25, -0.2) is 4.99 Å². The summed E-state index contributed by atoms with van der Waals surface area (Å²) in [6.07, 6.45) is 7.04. The summed E-state index contributed by atoms with van der Waals surface area (Å²) < 4.78 is 0. The topological polar surface area (TPSA) is 28.0 Å². The average molecular weight is 135 g/mol. The lowest BCUT2D eigenvalue weighted by Gasteiger charge is -2.14. The molecule has 0 aromatic carbocycles. The van der Waals surface area contributed by atoms with E-state index in [-0.39, 0.29) is 0 Å². The molecule has 0 saturated carbocycles. The van der Waals surface area contributed by atoms with Gasteiger partial charge in [0.15, 0.2) is 0 Å². The van der Waals surface area contributed by atoms with Gasteiger partial charge < -0.3 is 0 Å². The molecule has 1 heterocycles. The van der Waals surface area contributed by atoms with Gasteiger partial charge in [0.2, 0.25) is 0 Å². The summed E-state index contributed by atoms with van der Waals surface area (Å²) in [5.41, 5.74) is 0. The van der Waals surface area contributed by atoms with Gasteiger partial charge >= 0.3 is 0 Å². The van der Waals surface area contributed by atoms with E-state index in [0.29, 0.717) is 5.82 Å². The van der Waals surface area contributed by atoms with E-state index < -0.39 is 0 Å². The third kappa shape index (κ3) is 1.31. The van der Waals surface area contributed by atoms with Crippen molar-refractivity contribution >= 4 is 12.6 Å². The van der Waals surface area contributed by atoms with Crippen molar-refractivity contribution in [2.75, 3.05) is 7.05 Å². The summed E-state index contributed by atoms with van der Waals surface area (Å²) in [6, 6.07) is 0. The van der Waals surface area contributed by atoms with E-state index in [1.165, 1.54) is 0 Å².